The topological polar surface area (TPSA) is 46.6 Å². The molecular formula is C3H10INO3S. The maximum Gasteiger partial charge on any atom is 0.266 e. The highest BCUT2D eigenvalue weighted by atomic mass is 127. The molecule has 0 atom stereocenters. The fourth-order valence-electron chi connectivity index (χ4n) is 0. The molecule has 0 aromatic carbocycles. The summed E-state index contributed by atoms with van der Waals surface area (Å²) in [4.78, 5) is 2.00. The first-order chi connectivity index (χ1) is 4.00. The SMILES string of the molecule is CN(C)C.O=[SH](=O)OI. The third-order valence-electron chi connectivity index (χ3n) is 0.0563. The maximum absolute atomic E-state index is 9.18. The summed E-state index contributed by atoms with van der Waals surface area (Å²) in [5.74, 6) is 0. The van der Waals surface area contributed by atoms with Gasteiger partial charge in [0.15, 0.2) is 0 Å². The van der Waals surface area contributed by atoms with E-state index in [0.717, 1.165) is 0 Å². The van der Waals surface area contributed by atoms with Gasteiger partial charge in [0.05, 0.1) is 0 Å². The van der Waals surface area contributed by atoms with Crippen LogP contribution in [0.4, 0.5) is 0 Å². The van der Waals surface area contributed by atoms with Crippen molar-refractivity contribution in [2.75, 3.05) is 21.1 Å². The third kappa shape index (κ3) is 55.4. The molecule has 0 saturated carbocycles. The molecule has 0 aliphatic heterocycles. The van der Waals surface area contributed by atoms with Gasteiger partial charge in [-0.05, 0) is 21.1 Å². The number of halogens is 1. The molecule has 0 aliphatic rings. The van der Waals surface area contributed by atoms with Crippen LogP contribution in [0.5, 0.6) is 0 Å². The summed E-state index contributed by atoms with van der Waals surface area (Å²) in [6, 6.07) is 0. The fraction of sp³-hybridized carbons (Fsp3) is 1.00. The second-order valence-corrected chi connectivity index (χ2v) is 3.40. The van der Waals surface area contributed by atoms with Gasteiger partial charge in [-0.3, -0.25) is 0 Å². The number of hydrogen-bond acceptors (Lipinski definition) is 4. The van der Waals surface area contributed by atoms with Gasteiger partial charge in [-0.1, -0.05) is 0 Å². The molecular weight excluding hydrogens is 257 g/mol. The Bertz CT molecular complexity index is 103. The predicted molar refractivity (Wildman–Crippen MR) is 45.0 cm³/mol. The Morgan fingerprint density at radius 3 is 1.44 bits per heavy atom. The van der Waals surface area contributed by atoms with E-state index in [9.17, 15) is 8.42 Å². The Hall–Kier alpha value is 0.600. The third-order valence-corrected chi connectivity index (χ3v) is 1.13. The Kier molecular flexibility index (Phi) is 11.7. The van der Waals surface area contributed by atoms with Crippen molar-refractivity contribution < 1.29 is 10.9 Å². The molecule has 9 heavy (non-hydrogen) atoms. The van der Waals surface area contributed by atoms with Gasteiger partial charge in [0.25, 0.3) is 11.0 Å². The molecule has 0 amide bonds. The van der Waals surface area contributed by atoms with Crippen molar-refractivity contribution in [1.82, 2.24) is 4.90 Å². The van der Waals surface area contributed by atoms with Crippen molar-refractivity contribution in [3.8, 4) is 0 Å². The van der Waals surface area contributed by atoms with Crippen LogP contribution in [-0.2, 0) is 13.5 Å². The summed E-state index contributed by atoms with van der Waals surface area (Å²) < 4.78 is 22.0. The molecule has 6 heteroatoms. The van der Waals surface area contributed by atoms with Crippen LogP contribution in [-0.4, -0.2) is 34.5 Å². The fourth-order valence-corrected chi connectivity index (χ4v) is 0. The minimum atomic E-state index is -2.61. The van der Waals surface area contributed by atoms with E-state index in [1.807, 2.05) is 26.0 Å². The lowest BCUT2D eigenvalue weighted by Gasteiger charge is -1.90. The number of hydrogen-bond donors (Lipinski definition) is 1. The lowest BCUT2D eigenvalue weighted by atomic mass is 11.0. The van der Waals surface area contributed by atoms with Crippen molar-refractivity contribution in [3.05, 3.63) is 0 Å². The van der Waals surface area contributed by atoms with Crippen LogP contribution in [0.1, 0.15) is 0 Å². The molecule has 0 heterocycles. The van der Waals surface area contributed by atoms with Crippen LogP contribution in [0.3, 0.4) is 0 Å². The average molecular weight is 267 g/mol. The number of nitrogens with zero attached hydrogens (tertiary/aromatic N) is 1. The van der Waals surface area contributed by atoms with E-state index in [4.69, 9.17) is 0 Å². The Morgan fingerprint density at radius 1 is 1.33 bits per heavy atom. The normalized spacial score (nSPS) is 9.11. The molecule has 0 spiro atoms. The van der Waals surface area contributed by atoms with Crippen molar-refractivity contribution in [3.63, 3.8) is 0 Å². The molecule has 0 radical (unpaired) electrons. The van der Waals surface area contributed by atoms with E-state index in [0.29, 0.717) is 0 Å². The van der Waals surface area contributed by atoms with Crippen molar-refractivity contribution >= 4 is 34.0 Å². The van der Waals surface area contributed by atoms with Crippen molar-refractivity contribution in [1.29, 1.82) is 0 Å². The summed E-state index contributed by atoms with van der Waals surface area (Å²) in [7, 11) is 3.39. The molecule has 4 nitrogen and oxygen atoms in total. The van der Waals surface area contributed by atoms with Crippen LogP contribution in [0.2, 0.25) is 0 Å². The summed E-state index contributed by atoms with van der Waals surface area (Å²) in [5, 5.41) is 0. The van der Waals surface area contributed by atoms with E-state index < -0.39 is 11.0 Å². The quantitative estimate of drug-likeness (QED) is 0.539. The van der Waals surface area contributed by atoms with Gasteiger partial charge in [0.1, 0.15) is 23.0 Å². The van der Waals surface area contributed by atoms with E-state index >= 15 is 0 Å². The van der Waals surface area contributed by atoms with Crippen LogP contribution < -0.4 is 0 Å². The van der Waals surface area contributed by atoms with Gasteiger partial charge in [0.2, 0.25) is 0 Å². The number of rotatable bonds is 1. The zero-order chi connectivity index (χ0) is 7.86. The van der Waals surface area contributed by atoms with Gasteiger partial charge < -0.3 is 4.90 Å². The molecule has 0 bridgehead atoms. The van der Waals surface area contributed by atoms with Crippen LogP contribution >= 0.6 is 23.0 Å². The molecule has 58 valence electrons. The van der Waals surface area contributed by atoms with Gasteiger partial charge >= 0.3 is 0 Å². The first-order valence-corrected chi connectivity index (χ1v) is 4.02. The minimum absolute atomic E-state index is 1.28. The lowest BCUT2D eigenvalue weighted by molar-refractivity contribution is 0.505. The van der Waals surface area contributed by atoms with E-state index in [1.165, 1.54) is 23.0 Å². The highest BCUT2D eigenvalue weighted by molar-refractivity contribution is 14.1. The van der Waals surface area contributed by atoms with Crippen LogP contribution in [0.15, 0.2) is 0 Å². The zero-order valence-corrected chi connectivity index (χ0v) is 8.55. The summed E-state index contributed by atoms with van der Waals surface area (Å²) >= 11 is 1.28. The lowest BCUT2D eigenvalue weighted by Crippen LogP contribution is -1.99. The first kappa shape index (κ1) is 12.3. The second kappa shape index (κ2) is 8.60. The molecule has 0 fully saturated rings. The van der Waals surface area contributed by atoms with E-state index in [2.05, 4.69) is 2.51 Å². The van der Waals surface area contributed by atoms with Gasteiger partial charge in [0, 0.05) is 0 Å². The monoisotopic (exact) mass is 267 g/mol. The highest BCUT2D eigenvalue weighted by Gasteiger charge is 1.65. The largest absolute Gasteiger partial charge is 0.312 e. The molecule has 0 N–H and O–H groups in total. The Balaban J connectivity index is 0. The van der Waals surface area contributed by atoms with Crippen LogP contribution in [0, 0.1) is 0 Å². The van der Waals surface area contributed by atoms with Crippen LogP contribution in [0.25, 0.3) is 0 Å². The molecule has 0 saturated heterocycles. The summed E-state index contributed by atoms with van der Waals surface area (Å²) in [6.07, 6.45) is 0. The summed E-state index contributed by atoms with van der Waals surface area (Å²) in [6.45, 7) is 0. The van der Waals surface area contributed by atoms with Gasteiger partial charge in [-0.15, -0.1) is 0 Å². The van der Waals surface area contributed by atoms with Crippen molar-refractivity contribution in [2.45, 2.75) is 0 Å². The highest BCUT2D eigenvalue weighted by Crippen LogP contribution is 1.79. The Morgan fingerprint density at radius 2 is 1.44 bits per heavy atom. The molecule has 0 aliphatic carbocycles. The van der Waals surface area contributed by atoms with Gasteiger partial charge in [-0.25, -0.2) is 10.9 Å². The second-order valence-electron chi connectivity index (χ2n) is 1.63. The molecule has 0 aromatic heterocycles. The Labute approximate surface area is 71.0 Å². The smallest absolute Gasteiger partial charge is 0.266 e. The minimum Gasteiger partial charge on any atom is -0.312 e. The van der Waals surface area contributed by atoms with E-state index in [-0.39, 0.29) is 0 Å². The molecule has 0 unspecified atom stereocenters. The van der Waals surface area contributed by atoms with E-state index in [1.54, 1.807) is 0 Å². The van der Waals surface area contributed by atoms with Gasteiger partial charge in [-0.2, -0.15) is 0 Å². The number of thiol groups is 1. The van der Waals surface area contributed by atoms with Crippen molar-refractivity contribution in [2.24, 2.45) is 0 Å². The molecule has 0 rings (SSSR count). The first-order valence-electron chi connectivity index (χ1n) is 2.04. The molecule has 0 aromatic rings. The zero-order valence-electron chi connectivity index (χ0n) is 5.50. The standard InChI is InChI=1S/C3H9N.HIO3S/c1-4(2)3;1-4-5(2)3/h1-3H3;5H. The maximum atomic E-state index is 9.18. The summed E-state index contributed by atoms with van der Waals surface area (Å²) in [5.41, 5.74) is 0. The predicted octanol–water partition coefficient (Wildman–Crippen LogP) is 0.0572. The average Bonchev–Trinajstić information content (AvgIpc) is 1.65.